The van der Waals surface area contributed by atoms with Crippen molar-refractivity contribution in [2.24, 2.45) is 5.16 Å². The van der Waals surface area contributed by atoms with Gasteiger partial charge in [-0.15, -0.1) is 0 Å². The summed E-state index contributed by atoms with van der Waals surface area (Å²) in [5.41, 5.74) is 0.872. The van der Waals surface area contributed by atoms with Crippen LogP contribution in [0.2, 0.25) is 5.02 Å². The van der Waals surface area contributed by atoms with E-state index < -0.39 is 17.2 Å². The molecule has 0 atom stereocenters. The van der Waals surface area contributed by atoms with Crippen molar-refractivity contribution in [3.63, 3.8) is 0 Å². The number of nitrogens with zero attached hydrogens (tertiary/aromatic N) is 3. The summed E-state index contributed by atoms with van der Waals surface area (Å²) in [6.45, 7) is 3.18. The first kappa shape index (κ1) is 29.1. The van der Waals surface area contributed by atoms with Gasteiger partial charge in [0, 0.05) is 24.7 Å². The van der Waals surface area contributed by atoms with E-state index in [1.54, 1.807) is 4.57 Å². The van der Waals surface area contributed by atoms with Crippen LogP contribution >= 0.6 is 11.6 Å². The number of halogens is 2. The van der Waals surface area contributed by atoms with Crippen LogP contribution in [0.1, 0.15) is 35.2 Å². The Morgan fingerprint density at radius 3 is 2.77 bits per heavy atom. The van der Waals surface area contributed by atoms with E-state index in [2.05, 4.69) is 36.4 Å². The fraction of sp³-hybridized carbons (Fsp3) is 0.367. The van der Waals surface area contributed by atoms with Gasteiger partial charge in [0.25, 0.3) is 5.91 Å². The summed E-state index contributed by atoms with van der Waals surface area (Å²) in [6, 6.07) is 12.1. The topological polar surface area (TPSA) is 81.9 Å². The molecule has 1 aliphatic heterocycles. The molecule has 2 heterocycles. The molecule has 0 saturated heterocycles. The summed E-state index contributed by atoms with van der Waals surface area (Å²) in [7, 11) is 4.19. The van der Waals surface area contributed by atoms with Gasteiger partial charge in [-0.3, -0.25) is 9.59 Å². The predicted molar refractivity (Wildman–Crippen MR) is 154 cm³/mol. The quantitative estimate of drug-likeness (QED) is 0.226. The van der Waals surface area contributed by atoms with Crippen LogP contribution in [0.5, 0.6) is 0 Å². The Morgan fingerprint density at radius 1 is 1.23 bits per heavy atom. The summed E-state index contributed by atoms with van der Waals surface area (Å²) in [5, 5.41) is 6.65. The van der Waals surface area contributed by atoms with Crippen LogP contribution in [0.15, 0.2) is 58.6 Å². The van der Waals surface area contributed by atoms with Crippen molar-refractivity contribution in [1.82, 2.24) is 9.88 Å². The maximum absolute atomic E-state index is 14.3. The second kappa shape index (κ2) is 13.5. The molecule has 0 saturated carbocycles. The SMILES string of the molecule is C[N+](C)(CC#CCOC1=NOCC1)CCCCNC(=O)c1cn(Cc2ccccc2)c2cc(Cl)c(F)cc2c1=O. The van der Waals surface area contributed by atoms with Crippen molar-refractivity contribution in [3.05, 3.63) is 80.9 Å². The standard InChI is InChI=1S/C30H32ClFN4O4/c1-36(2,15-8-9-16-39-28-12-17-40-34-28)14-7-6-13-33-30(38)24-21-35(20-22-10-4-3-5-11-22)27-19-25(31)26(32)18-23(27)29(24)37/h3-5,10-11,18-19,21H,6-7,12-17,20H2,1-2H3/p+1. The smallest absolute Gasteiger partial charge is 0.256 e. The molecule has 1 aromatic heterocycles. The zero-order valence-electron chi connectivity index (χ0n) is 22.7. The van der Waals surface area contributed by atoms with E-state index in [9.17, 15) is 14.0 Å². The van der Waals surface area contributed by atoms with Gasteiger partial charge >= 0.3 is 0 Å². The number of hydrogen-bond donors (Lipinski definition) is 1. The summed E-state index contributed by atoms with van der Waals surface area (Å²) >= 11 is 6.02. The monoisotopic (exact) mass is 567 g/mol. The van der Waals surface area contributed by atoms with Crippen molar-refractivity contribution >= 4 is 34.3 Å². The summed E-state index contributed by atoms with van der Waals surface area (Å²) in [5.74, 6) is 5.54. The molecule has 0 unspecified atom stereocenters. The first-order valence-electron chi connectivity index (χ1n) is 13.2. The van der Waals surface area contributed by atoms with E-state index in [1.165, 1.54) is 12.3 Å². The number of aromatic nitrogens is 1. The second-order valence-electron chi connectivity index (χ2n) is 10.3. The molecule has 2 aromatic carbocycles. The third kappa shape index (κ3) is 7.84. The average molecular weight is 568 g/mol. The number of benzene rings is 2. The molecule has 0 radical (unpaired) electrons. The van der Waals surface area contributed by atoms with Crippen molar-refractivity contribution in [1.29, 1.82) is 0 Å². The molecule has 1 aliphatic rings. The van der Waals surface area contributed by atoms with Crippen LogP contribution in [-0.2, 0) is 16.1 Å². The molecule has 0 fully saturated rings. The van der Waals surface area contributed by atoms with Gasteiger partial charge in [-0.25, -0.2) is 4.39 Å². The number of rotatable bonds is 10. The van der Waals surface area contributed by atoms with E-state index in [0.29, 0.717) is 48.6 Å². The normalized spacial score (nSPS) is 12.8. The minimum atomic E-state index is -0.703. The minimum Gasteiger partial charge on any atom is -0.465 e. The Morgan fingerprint density at radius 2 is 2.02 bits per heavy atom. The highest BCUT2D eigenvalue weighted by molar-refractivity contribution is 6.31. The van der Waals surface area contributed by atoms with Crippen LogP contribution in [0.3, 0.4) is 0 Å². The van der Waals surface area contributed by atoms with Gasteiger partial charge in [-0.1, -0.05) is 53.0 Å². The first-order valence-corrected chi connectivity index (χ1v) is 13.5. The van der Waals surface area contributed by atoms with Gasteiger partial charge in [0.15, 0.2) is 6.61 Å². The third-order valence-corrected chi connectivity index (χ3v) is 6.84. The number of nitrogens with one attached hydrogen (secondary N) is 1. The molecule has 10 heteroatoms. The fourth-order valence-electron chi connectivity index (χ4n) is 4.33. The van der Waals surface area contributed by atoms with Crippen LogP contribution in [-0.4, -0.2) is 67.8 Å². The molecule has 40 heavy (non-hydrogen) atoms. The lowest BCUT2D eigenvalue weighted by atomic mass is 10.1. The number of ether oxygens (including phenoxy) is 1. The van der Waals surface area contributed by atoms with Gasteiger partial charge in [0.05, 0.1) is 37.6 Å². The fourth-order valence-corrected chi connectivity index (χ4v) is 4.49. The second-order valence-corrected chi connectivity index (χ2v) is 10.7. The van der Waals surface area contributed by atoms with E-state index in [-0.39, 0.29) is 22.6 Å². The summed E-state index contributed by atoms with van der Waals surface area (Å²) in [6.07, 6.45) is 3.80. The third-order valence-electron chi connectivity index (χ3n) is 6.55. The van der Waals surface area contributed by atoms with E-state index in [1.807, 2.05) is 30.3 Å². The molecule has 210 valence electrons. The van der Waals surface area contributed by atoms with Gasteiger partial charge in [-0.2, -0.15) is 0 Å². The zero-order chi connectivity index (χ0) is 28.5. The molecule has 1 N–H and O–H groups in total. The summed E-state index contributed by atoms with van der Waals surface area (Å²) in [4.78, 5) is 31.1. The zero-order valence-corrected chi connectivity index (χ0v) is 23.5. The highest BCUT2D eigenvalue weighted by Gasteiger charge is 2.18. The maximum Gasteiger partial charge on any atom is 0.256 e. The Hall–Kier alpha value is -3.87. The van der Waals surface area contributed by atoms with E-state index in [4.69, 9.17) is 21.2 Å². The number of quaternary nitrogens is 1. The molecule has 0 aliphatic carbocycles. The maximum atomic E-state index is 14.3. The number of carbonyl (C=O) groups excluding carboxylic acids is 1. The van der Waals surface area contributed by atoms with Gasteiger partial charge in [0.2, 0.25) is 11.3 Å². The van der Waals surface area contributed by atoms with E-state index in [0.717, 1.165) is 31.0 Å². The Kier molecular flexibility index (Phi) is 9.80. The Balaban J connectivity index is 1.33. The van der Waals surface area contributed by atoms with Crippen LogP contribution in [0.4, 0.5) is 4.39 Å². The van der Waals surface area contributed by atoms with Crippen molar-refractivity contribution in [2.45, 2.75) is 25.8 Å². The lowest BCUT2D eigenvalue weighted by molar-refractivity contribution is -0.883. The molecule has 3 aromatic rings. The van der Waals surface area contributed by atoms with Gasteiger partial charge < -0.3 is 23.9 Å². The number of carbonyl (C=O) groups is 1. The molecular formula is C30H33ClFN4O4+. The average Bonchev–Trinajstić information content (AvgIpc) is 3.45. The molecule has 8 nitrogen and oxygen atoms in total. The molecular weight excluding hydrogens is 535 g/mol. The Labute approximate surface area is 237 Å². The lowest BCUT2D eigenvalue weighted by Gasteiger charge is -2.27. The number of oxime groups is 1. The van der Waals surface area contributed by atoms with Gasteiger partial charge in [0.1, 0.15) is 24.5 Å². The lowest BCUT2D eigenvalue weighted by Crippen LogP contribution is -2.41. The van der Waals surface area contributed by atoms with Crippen LogP contribution < -0.4 is 10.7 Å². The minimum absolute atomic E-state index is 0.0334. The van der Waals surface area contributed by atoms with Gasteiger partial charge in [-0.05, 0) is 36.5 Å². The number of pyridine rings is 1. The highest BCUT2D eigenvalue weighted by Crippen LogP contribution is 2.22. The van der Waals surface area contributed by atoms with Crippen molar-refractivity contribution in [3.8, 4) is 11.8 Å². The number of amides is 1. The summed E-state index contributed by atoms with van der Waals surface area (Å²) < 4.78 is 22.2. The van der Waals surface area contributed by atoms with Crippen molar-refractivity contribution < 1.29 is 23.2 Å². The predicted octanol–water partition coefficient (Wildman–Crippen LogP) is 4.18. The molecule has 4 rings (SSSR count). The largest absolute Gasteiger partial charge is 0.465 e. The number of unbranched alkanes of at least 4 members (excludes halogenated alkanes) is 1. The number of hydrogen-bond acceptors (Lipinski definition) is 5. The molecule has 1 amide bonds. The van der Waals surface area contributed by atoms with Crippen LogP contribution in [0, 0.1) is 17.7 Å². The van der Waals surface area contributed by atoms with Crippen LogP contribution in [0.25, 0.3) is 10.9 Å². The van der Waals surface area contributed by atoms with Crippen molar-refractivity contribution in [2.75, 3.05) is 46.9 Å². The number of fused-ring (bicyclic) bond motifs is 1. The molecule has 0 bridgehead atoms. The first-order chi connectivity index (χ1) is 19.2. The highest BCUT2D eigenvalue weighted by atomic mass is 35.5. The molecule has 0 spiro atoms. The Bertz CT molecular complexity index is 1510. The van der Waals surface area contributed by atoms with E-state index >= 15 is 0 Å².